The van der Waals surface area contributed by atoms with E-state index in [0.717, 1.165) is 50.2 Å². The number of urea groups is 1. The Kier molecular flexibility index (Phi) is 16.1. The highest BCUT2D eigenvalue weighted by Gasteiger charge is 2.47. The molecule has 83 heavy (non-hydrogen) atoms. The molecule has 2 amide bonds. The summed E-state index contributed by atoms with van der Waals surface area (Å²) in [6.45, 7) is 7.21. The van der Waals surface area contributed by atoms with Crippen molar-refractivity contribution >= 4 is 51.9 Å². The second-order valence-electron chi connectivity index (χ2n) is 22.1. The lowest BCUT2D eigenvalue weighted by molar-refractivity contribution is 0.00491. The van der Waals surface area contributed by atoms with Gasteiger partial charge in [-0.05, 0) is 65.2 Å². The molecule has 12 rings (SSSR count). The van der Waals surface area contributed by atoms with Gasteiger partial charge >= 0.3 is 6.03 Å². The van der Waals surface area contributed by atoms with Crippen molar-refractivity contribution in [2.24, 2.45) is 0 Å². The minimum atomic E-state index is -1.19. The largest absolute Gasteiger partial charge is 0.390 e. The average Bonchev–Trinajstić information content (AvgIpc) is 4.49. The fraction of sp³-hybridized carbons (Fsp3) is 0.596. The number of imidazole rings is 4. The first kappa shape index (κ1) is 55.6. The number of aromatic nitrogens is 18. The predicted molar refractivity (Wildman–Crippen MR) is 299 cm³/mol. The van der Waals surface area contributed by atoms with Gasteiger partial charge in [-0.2, -0.15) is 49.9 Å². The Morgan fingerprint density at radius 1 is 0.554 bits per heavy atom. The van der Waals surface area contributed by atoms with Crippen molar-refractivity contribution in [2.75, 3.05) is 47.4 Å². The van der Waals surface area contributed by atoms with Gasteiger partial charge in [-0.25, -0.2) is 24.7 Å². The van der Waals surface area contributed by atoms with Crippen LogP contribution >= 0.6 is 0 Å². The molecule has 1 aliphatic heterocycles. The third-order valence-corrected chi connectivity index (χ3v) is 16.8. The number of carbonyl (C=O) groups excluding carboxylic acids is 1. The van der Waals surface area contributed by atoms with Crippen molar-refractivity contribution in [3.8, 4) is 0 Å². The first-order valence-corrected chi connectivity index (χ1v) is 28.8. The van der Waals surface area contributed by atoms with E-state index in [1.807, 2.05) is 39.1 Å². The Balaban J connectivity index is 0.682. The van der Waals surface area contributed by atoms with Gasteiger partial charge in [0.25, 0.3) is 0 Å². The number of amides is 2. The fourth-order valence-corrected chi connectivity index (χ4v) is 12.0. The number of hydrogen-bond donors (Lipinski definition) is 11. The van der Waals surface area contributed by atoms with Crippen LogP contribution in [0.5, 0.6) is 0 Å². The van der Waals surface area contributed by atoms with Crippen LogP contribution < -0.4 is 26.6 Å². The van der Waals surface area contributed by atoms with Crippen molar-refractivity contribution in [1.29, 1.82) is 0 Å². The molecular weight excluding hydrogens is 1070 g/mol. The topological polar surface area (TPSA) is 386 Å². The minimum absolute atomic E-state index is 0.0157. The number of rotatable bonds is 21. The van der Waals surface area contributed by atoms with Crippen molar-refractivity contribution < 1.29 is 35.4 Å². The molecular formula is C52H72N24O7. The van der Waals surface area contributed by atoms with Gasteiger partial charge in [0.05, 0.1) is 74.4 Å². The monoisotopic (exact) mass is 1140 g/mol. The number of likely N-dealkylation sites (tertiary alicyclic amines) is 1. The highest BCUT2D eigenvalue weighted by molar-refractivity contribution is 5.85. The third-order valence-electron chi connectivity index (χ3n) is 16.8. The SMILES string of the molecule is CCn1cnc(CCNc2nc(NC3CCC(NC(=O)N4CCC(Nc5nc(NCCc6cn(CC)cn6)nc6c5ncn6[C@@H]5C[C@H](n6ncc(CO)n6)[C@@H](O)[C@H]5O)CC4)CC3)c3ncn([C@@H]4C[C@H](n5ncc(CO)n5)[C@@H](O)[C@H]4O)c3n2)c1. The average molecular weight is 1150 g/mol. The van der Waals surface area contributed by atoms with E-state index in [1.54, 1.807) is 21.8 Å². The molecule has 4 fully saturated rings. The molecule has 0 radical (unpaired) electrons. The number of nitrogens with one attached hydrogen (secondary N) is 5. The van der Waals surface area contributed by atoms with Gasteiger partial charge in [-0.1, -0.05) is 0 Å². The Morgan fingerprint density at radius 2 is 1.00 bits per heavy atom. The van der Waals surface area contributed by atoms with Crippen LogP contribution in [-0.2, 0) is 39.1 Å². The summed E-state index contributed by atoms with van der Waals surface area (Å²) in [5.74, 6) is 1.76. The molecule has 31 nitrogen and oxygen atoms in total. The maximum absolute atomic E-state index is 13.9. The normalized spacial score (nSPS) is 25.0. The molecule has 9 heterocycles. The van der Waals surface area contributed by atoms with E-state index >= 15 is 0 Å². The van der Waals surface area contributed by atoms with Gasteiger partial charge in [-0.3, -0.25) is 0 Å². The predicted octanol–water partition coefficient (Wildman–Crippen LogP) is 0.701. The van der Waals surface area contributed by atoms with Gasteiger partial charge < -0.3 is 80.4 Å². The lowest BCUT2D eigenvalue weighted by atomic mass is 9.91. The van der Waals surface area contributed by atoms with Crippen molar-refractivity contribution in [3.63, 3.8) is 0 Å². The number of piperidine rings is 1. The summed E-state index contributed by atoms with van der Waals surface area (Å²) in [6.07, 6.45) is 15.1. The fourth-order valence-electron chi connectivity index (χ4n) is 12.0. The van der Waals surface area contributed by atoms with Crippen LogP contribution in [0.2, 0.25) is 0 Å². The summed E-state index contributed by atoms with van der Waals surface area (Å²) < 4.78 is 7.58. The first-order chi connectivity index (χ1) is 40.4. The molecule has 3 saturated carbocycles. The van der Waals surface area contributed by atoms with Crippen LogP contribution in [0.3, 0.4) is 0 Å². The Labute approximate surface area is 475 Å². The number of aliphatic hydroxyl groups excluding tert-OH is 6. The Morgan fingerprint density at radius 3 is 1.43 bits per heavy atom. The Bertz CT molecular complexity index is 3480. The van der Waals surface area contributed by atoms with Crippen LogP contribution in [0, 0.1) is 0 Å². The Hall–Kier alpha value is -7.97. The van der Waals surface area contributed by atoms with Crippen molar-refractivity contribution in [3.05, 3.63) is 72.9 Å². The smallest absolute Gasteiger partial charge is 0.317 e. The second kappa shape index (κ2) is 24.1. The molecule has 11 N–H and O–H groups in total. The number of fused-ring (bicyclic) bond motifs is 2. The quantitative estimate of drug-likeness (QED) is 0.0472. The molecule has 8 aromatic rings. The molecule has 31 heteroatoms. The molecule has 0 spiro atoms. The van der Waals surface area contributed by atoms with Gasteiger partial charge in [0, 0.05) is 82.6 Å². The zero-order valence-electron chi connectivity index (χ0n) is 46.3. The summed E-state index contributed by atoms with van der Waals surface area (Å²) in [4.78, 5) is 56.6. The van der Waals surface area contributed by atoms with Crippen LogP contribution in [0.1, 0.15) is 112 Å². The van der Waals surface area contributed by atoms with Gasteiger partial charge in [0.2, 0.25) is 11.9 Å². The van der Waals surface area contributed by atoms with Crippen molar-refractivity contribution in [2.45, 2.75) is 171 Å². The number of carbonyl (C=O) groups is 1. The number of nitrogens with zero attached hydrogens (tertiary/aromatic N) is 19. The highest BCUT2D eigenvalue weighted by atomic mass is 16.3. The summed E-state index contributed by atoms with van der Waals surface area (Å²) in [7, 11) is 0. The van der Waals surface area contributed by atoms with Gasteiger partial charge in [-0.15, -0.1) is 0 Å². The van der Waals surface area contributed by atoms with E-state index in [0.29, 0.717) is 109 Å². The summed E-state index contributed by atoms with van der Waals surface area (Å²) in [5, 5.41) is 98.8. The zero-order chi connectivity index (χ0) is 57.3. The summed E-state index contributed by atoms with van der Waals surface area (Å²) in [6, 6.07) is -2.70. The summed E-state index contributed by atoms with van der Waals surface area (Å²) in [5.41, 5.74) is 4.53. The number of aryl methyl sites for hydroxylation is 2. The number of anilines is 4. The van der Waals surface area contributed by atoms with Gasteiger partial charge in [0.1, 0.15) is 47.9 Å². The van der Waals surface area contributed by atoms with Gasteiger partial charge in [0.15, 0.2) is 34.0 Å². The lowest BCUT2D eigenvalue weighted by Crippen LogP contribution is -2.50. The maximum atomic E-state index is 13.9. The molecule has 8 atom stereocenters. The number of aliphatic hydroxyl groups is 6. The third kappa shape index (κ3) is 11.6. The van der Waals surface area contributed by atoms with E-state index in [-0.39, 0.29) is 50.2 Å². The van der Waals surface area contributed by atoms with E-state index in [2.05, 4.69) is 70.8 Å². The molecule has 4 aliphatic rings. The van der Waals surface area contributed by atoms with E-state index in [4.69, 9.17) is 29.9 Å². The van der Waals surface area contributed by atoms with Crippen molar-refractivity contribution in [1.82, 2.24) is 98.3 Å². The molecule has 3 aliphatic carbocycles. The molecule has 0 bridgehead atoms. The molecule has 442 valence electrons. The summed E-state index contributed by atoms with van der Waals surface area (Å²) >= 11 is 0. The molecule has 1 saturated heterocycles. The second-order valence-corrected chi connectivity index (χ2v) is 22.1. The molecule has 0 aromatic carbocycles. The molecule has 8 aromatic heterocycles. The lowest BCUT2D eigenvalue weighted by Gasteiger charge is -2.35. The van der Waals surface area contributed by atoms with Crippen LogP contribution in [-0.4, -0.2) is 198 Å². The minimum Gasteiger partial charge on any atom is -0.390 e. The van der Waals surface area contributed by atoms with E-state index < -0.39 is 48.6 Å². The van der Waals surface area contributed by atoms with Crippen LogP contribution in [0.25, 0.3) is 22.3 Å². The highest BCUT2D eigenvalue weighted by Crippen LogP contribution is 2.42. The zero-order valence-corrected chi connectivity index (χ0v) is 46.3. The van der Waals surface area contributed by atoms with E-state index in [9.17, 15) is 35.4 Å². The van der Waals surface area contributed by atoms with E-state index in [1.165, 1.54) is 22.0 Å². The van der Waals surface area contributed by atoms with Crippen LogP contribution in [0.4, 0.5) is 28.3 Å². The standard InChI is InChI=1S/C52H72N24O7/c1-3-70-21-32(55-25-70)9-13-53-50-64-46(40-48(66-50)73(27-57-40)36-17-38(44(81)42(36)79)75-59-19-34(23-77)68-75)61-29-5-7-30(8-6-29)63-52(83)72-15-11-31(12-16-72)62-47-41-49(67-51(65-47)54-14-10-33-22-71(4-2)26-56-33)74(28-58-41)37-18-39(45(82)43(37)80)76-60-20-35(24-78)69-76/h19-22,25-31,36-39,42-45,77-82H,3-18,23-24H2,1-2H3,(H,63,83)(H2,53,61,64,66)(H2,54,62,65,67)/t29?,30?,36-,37-,38+,39+,42+,43+,44-,45-/m1/s1. The first-order valence-electron chi connectivity index (χ1n) is 28.8. The number of hydrogen-bond acceptors (Lipinski definition) is 23. The van der Waals surface area contributed by atoms with Crippen LogP contribution in [0.15, 0.2) is 50.1 Å². The molecule has 0 unspecified atom stereocenters. The maximum Gasteiger partial charge on any atom is 0.317 e.